The van der Waals surface area contributed by atoms with Crippen molar-refractivity contribution in [1.82, 2.24) is 10.2 Å². The van der Waals surface area contributed by atoms with Gasteiger partial charge >= 0.3 is 0 Å². The van der Waals surface area contributed by atoms with Gasteiger partial charge in [0.2, 0.25) is 5.91 Å². The van der Waals surface area contributed by atoms with Gasteiger partial charge in [0.1, 0.15) is 5.75 Å². The molecule has 0 unspecified atom stereocenters. The number of aromatic nitrogens is 2. The molecule has 1 fully saturated rings. The minimum absolute atomic E-state index is 0.130. The molecule has 0 saturated carbocycles. The first-order chi connectivity index (χ1) is 15.6. The molecule has 0 aliphatic carbocycles. The highest BCUT2D eigenvalue weighted by molar-refractivity contribution is 8.00. The molecule has 3 aromatic rings. The number of morpholine rings is 1. The molecule has 1 aliphatic rings. The van der Waals surface area contributed by atoms with Crippen molar-refractivity contribution in [2.24, 2.45) is 0 Å². The number of hydrogen-bond acceptors (Lipinski definition) is 8. The van der Waals surface area contributed by atoms with Crippen molar-refractivity contribution in [3.63, 3.8) is 0 Å². The Bertz CT molecular complexity index is 1020. The van der Waals surface area contributed by atoms with Crippen LogP contribution in [0.5, 0.6) is 5.75 Å². The number of thioether (sulfide) groups is 1. The Labute approximate surface area is 195 Å². The Hall–Kier alpha value is -2.75. The van der Waals surface area contributed by atoms with Gasteiger partial charge in [-0.2, -0.15) is 0 Å². The van der Waals surface area contributed by atoms with E-state index in [1.807, 2.05) is 24.3 Å². The average molecular weight is 475 g/mol. The molecule has 0 radical (unpaired) electrons. The van der Waals surface area contributed by atoms with Crippen LogP contribution in [0.15, 0.2) is 58.2 Å². The topological polar surface area (TPSA) is 89.7 Å². The van der Waals surface area contributed by atoms with Crippen LogP contribution in [-0.4, -0.2) is 47.7 Å². The van der Waals surface area contributed by atoms with Crippen molar-refractivity contribution in [3.8, 4) is 5.75 Å². The molecule has 32 heavy (non-hydrogen) atoms. The summed E-state index contributed by atoms with van der Waals surface area (Å²) in [6, 6.07) is 14.8. The molecule has 8 nitrogen and oxygen atoms in total. The Morgan fingerprint density at radius 3 is 2.59 bits per heavy atom. The van der Waals surface area contributed by atoms with Crippen LogP contribution in [0, 0.1) is 0 Å². The standard InChI is InChI=1S/C22H23ClN4O4S/c1-15(21(28)24-17-4-6-18(7-5-17)27-10-12-29-13-11-27)32-22-26-25-20(31-22)14-30-19-8-2-16(23)3-9-19/h2-9,15H,10-14H2,1H3,(H,24,28)/t15-/m0/s1. The maximum atomic E-state index is 12.6. The Kier molecular flexibility index (Phi) is 7.51. The summed E-state index contributed by atoms with van der Waals surface area (Å²) in [5.41, 5.74) is 1.86. The second-order valence-electron chi connectivity index (χ2n) is 7.10. The number of ether oxygens (including phenoxy) is 2. The predicted molar refractivity (Wildman–Crippen MR) is 124 cm³/mol. The molecule has 1 atom stereocenters. The molecule has 2 heterocycles. The number of anilines is 2. The summed E-state index contributed by atoms with van der Waals surface area (Å²) in [5.74, 6) is 0.828. The molecule has 0 bridgehead atoms. The first kappa shape index (κ1) is 22.4. The fourth-order valence-electron chi connectivity index (χ4n) is 3.05. The molecule has 168 valence electrons. The predicted octanol–water partition coefficient (Wildman–Crippen LogP) is 4.26. The number of benzene rings is 2. The van der Waals surface area contributed by atoms with Crippen molar-refractivity contribution in [3.05, 3.63) is 59.4 Å². The van der Waals surface area contributed by atoms with E-state index in [0.29, 0.717) is 21.9 Å². The van der Waals surface area contributed by atoms with E-state index in [1.54, 1.807) is 31.2 Å². The van der Waals surface area contributed by atoms with Gasteiger partial charge in [0.15, 0.2) is 6.61 Å². The molecule has 1 amide bonds. The minimum Gasteiger partial charge on any atom is -0.484 e. The van der Waals surface area contributed by atoms with Crippen LogP contribution in [0.3, 0.4) is 0 Å². The molecule has 1 N–H and O–H groups in total. The zero-order chi connectivity index (χ0) is 22.3. The van der Waals surface area contributed by atoms with Crippen molar-refractivity contribution < 1.29 is 18.7 Å². The van der Waals surface area contributed by atoms with E-state index >= 15 is 0 Å². The molecule has 0 spiro atoms. The summed E-state index contributed by atoms with van der Waals surface area (Å²) < 4.78 is 16.6. The number of carbonyl (C=O) groups excluding carboxylic acids is 1. The number of nitrogens with one attached hydrogen (secondary N) is 1. The summed E-state index contributed by atoms with van der Waals surface area (Å²) in [5, 5.41) is 11.4. The Morgan fingerprint density at radius 1 is 1.16 bits per heavy atom. The van der Waals surface area contributed by atoms with E-state index in [4.69, 9.17) is 25.5 Å². The summed E-state index contributed by atoms with van der Waals surface area (Å²) in [6.45, 7) is 5.13. The number of amides is 1. The number of halogens is 1. The second-order valence-corrected chi connectivity index (χ2v) is 8.83. The number of rotatable bonds is 8. The Balaban J connectivity index is 1.25. The highest BCUT2D eigenvalue weighted by atomic mass is 35.5. The lowest BCUT2D eigenvalue weighted by molar-refractivity contribution is -0.115. The third-order valence-electron chi connectivity index (χ3n) is 4.78. The number of hydrogen-bond donors (Lipinski definition) is 1. The molecule has 1 aliphatic heterocycles. The largest absolute Gasteiger partial charge is 0.484 e. The lowest BCUT2D eigenvalue weighted by Crippen LogP contribution is -2.36. The summed E-state index contributed by atoms with van der Waals surface area (Å²) in [4.78, 5) is 14.8. The van der Waals surface area contributed by atoms with Crippen LogP contribution in [-0.2, 0) is 16.1 Å². The van der Waals surface area contributed by atoms with Crippen molar-refractivity contribution >= 4 is 40.6 Å². The van der Waals surface area contributed by atoms with Crippen molar-refractivity contribution in [2.45, 2.75) is 24.0 Å². The Morgan fingerprint density at radius 2 is 1.88 bits per heavy atom. The van der Waals surface area contributed by atoms with E-state index in [1.165, 1.54) is 11.8 Å². The fourth-order valence-corrected chi connectivity index (χ4v) is 3.87. The van der Waals surface area contributed by atoms with Gasteiger partial charge in [-0.1, -0.05) is 23.4 Å². The highest BCUT2D eigenvalue weighted by Gasteiger charge is 2.19. The summed E-state index contributed by atoms with van der Waals surface area (Å²) in [7, 11) is 0. The van der Waals surface area contributed by atoms with Crippen molar-refractivity contribution in [2.75, 3.05) is 36.5 Å². The normalized spacial score (nSPS) is 14.8. The smallest absolute Gasteiger partial charge is 0.277 e. The minimum atomic E-state index is -0.417. The van der Waals surface area contributed by atoms with E-state index in [2.05, 4.69) is 20.4 Å². The molecule has 2 aromatic carbocycles. The maximum Gasteiger partial charge on any atom is 0.277 e. The monoisotopic (exact) mass is 474 g/mol. The lowest BCUT2D eigenvalue weighted by atomic mass is 10.2. The first-order valence-electron chi connectivity index (χ1n) is 10.2. The maximum absolute atomic E-state index is 12.6. The third kappa shape index (κ3) is 6.15. The quantitative estimate of drug-likeness (QED) is 0.484. The third-order valence-corrected chi connectivity index (χ3v) is 5.97. The average Bonchev–Trinajstić information content (AvgIpc) is 3.27. The number of nitrogens with zero attached hydrogens (tertiary/aromatic N) is 3. The van der Waals surface area contributed by atoms with E-state index in [0.717, 1.165) is 37.7 Å². The van der Waals surface area contributed by atoms with Gasteiger partial charge in [0, 0.05) is 29.5 Å². The van der Waals surface area contributed by atoms with Gasteiger partial charge in [0.25, 0.3) is 11.1 Å². The van der Waals surface area contributed by atoms with Gasteiger partial charge in [-0.15, -0.1) is 10.2 Å². The summed E-state index contributed by atoms with van der Waals surface area (Å²) in [6.07, 6.45) is 0. The fraction of sp³-hybridized carbons (Fsp3) is 0.318. The molecule has 1 aromatic heterocycles. The zero-order valence-corrected chi connectivity index (χ0v) is 19.1. The van der Waals surface area contributed by atoms with Gasteiger partial charge in [-0.05, 0) is 55.5 Å². The van der Waals surface area contributed by atoms with Crippen LogP contribution < -0.4 is 15.0 Å². The van der Waals surface area contributed by atoms with E-state index in [9.17, 15) is 4.79 Å². The van der Waals surface area contributed by atoms with Crippen LogP contribution in [0.25, 0.3) is 0 Å². The van der Waals surface area contributed by atoms with Crippen LogP contribution >= 0.6 is 23.4 Å². The first-order valence-corrected chi connectivity index (χ1v) is 11.4. The number of carbonyl (C=O) groups is 1. The molecule has 1 saturated heterocycles. The van der Waals surface area contributed by atoms with Gasteiger partial charge in [0.05, 0.1) is 18.5 Å². The van der Waals surface area contributed by atoms with Crippen LogP contribution in [0.2, 0.25) is 5.02 Å². The SMILES string of the molecule is C[C@H](Sc1nnc(COc2ccc(Cl)cc2)o1)C(=O)Nc1ccc(N2CCOCC2)cc1. The highest BCUT2D eigenvalue weighted by Crippen LogP contribution is 2.25. The van der Waals surface area contributed by atoms with Gasteiger partial charge in [-0.3, -0.25) is 4.79 Å². The molecular formula is C22H23ClN4O4S. The molecule has 4 rings (SSSR count). The molecular weight excluding hydrogens is 452 g/mol. The van der Waals surface area contributed by atoms with E-state index in [-0.39, 0.29) is 12.5 Å². The van der Waals surface area contributed by atoms with E-state index < -0.39 is 5.25 Å². The van der Waals surface area contributed by atoms with Crippen molar-refractivity contribution in [1.29, 1.82) is 0 Å². The lowest BCUT2D eigenvalue weighted by Gasteiger charge is -2.28. The van der Waals surface area contributed by atoms with Crippen LogP contribution in [0.1, 0.15) is 12.8 Å². The summed E-state index contributed by atoms with van der Waals surface area (Å²) >= 11 is 7.05. The molecule has 10 heteroatoms. The zero-order valence-electron chi connectivity index (χ0n) is 17.5. The van der Waals surface area contributed by atoms with Gasteiger partial charge < -0.3 is 24.1 Å². The second kappa shape index (κ2) is 10.7. The van der Waals surface area contributed by atoms with Gasteiger partial charge in [-0.25, -0.2) is 0 Å². The van der Waals surface area contributed by atoms with Crippen LogP contribution in [0.4, 0.5) is 11.4 Å².